The van der Waals surface area contributed by atoms with Crippen molar-refractivity contribution in [2.75, 3.05) is 25.3 Å². The zero-order chi connectivity index (χ0) is 25.5. The van der Waals surface area contributed by atoms with Crippen LogP contribution >= 0.6 is 27.7 Å². The predicted molar refractivity (Wildman–Crippen MR) is 137 cm³/mol. The molecule has 8 nitrogen and oxygen atoms in total. The van der Waals surface area contributed by atoms with Crippen LogP contribution in [-0.2, 0) is 25.5 Å². The van der Waals surface area contributed by atoms with E-state index in [2.05, 4.69) is 32.6 Å². The number of nitriles is 1. The van der Waals surface area contributed by atoms with Crippen LogP contribution in [0.3, 0.4) is 0 Å². The number of nitrogens with one attached hydrogen (secondary N) is 2. The highest BCUT2D eigenvalue weighted by Gasteiger charge is 2.44. The Kier molecular flexibility index (Phi) is 8.95. The van der Waals surface area contributed by atoms with E-state index in [1.54, 1.807) is 18.2 Å². The lowest BCUT2D eigenvalue weighted by molar-refractivity contribution is -0.150. The fourth-order valence-corrected chi connectivity index (χ4v) is 5.12. The first-order valence-electron chi connectivity index (χ1n) is 10.7. The van der Waals surface area contributed by atoms with Crippen molar-refractivity contribution in [2.45, 2.75) is 19.3 Å². The van der Waals surface area contributed by atoms with Gasteiger partial charge in [-0.2, -0.15) is 5.26 Å². The summed E-state index contributed by atoms with van der Waals surface area (Å²) in [4.78, 5) is 38.0. The van der Waals surface area contributed by atoms with Gasteiger partial charge in [0, 0.05) is 11.6 Å². The van der Waals surface area contributed by atoms with Crippen LogP contribution in [0.5, 0.6) is 5.75 Å². The Morgan fingerprint density at radius 3 is 2.49 bits per heavy atom. The number of amides is 2. The molecule has 0 aliphatic carbocycles. The van der Waals surface area contributed by atoms with Crippen LogP contribution in [0.15, 0.2) is 57.5 Å². The van der Waals surface area contributed by atoms with E-state index in [-0.39, 0.29) is 22.3 Å². The summed E-state index contributed by atoms with van der Waals surface area (Å²) in [7, 11) is 2.71. The number of halogens is 1. The number of nitrogens with zero attached hydrogens (tertiary/aromatic N) is 1. The molecule has 35 heavy (non-hydrogen) atoms. The van der Waals surface area contributed by atoms with Crippen LogP contribution in [0.1, 0.15) is 24.0 Å². The van der Waals surface area contributed by atoms with E-state index in [0.29, 0.717) is 21.5 Å². The van der Waals surface area contributed by atoms with Crippen LogP contribution < -0.4 is 15.4 Å². The summed E-state index contributed by atoms with van der Waals surface area (Å²) >= 11 is 4.44. The highest BCUT2D eigenvalue weighted by Crippen LogP contribution is 2.42. The van der Waals surface area contributed by atoms with Gasteiger partial charge in [-0.25, -0.2) is 0 Å². The van der Waals surface area contributed by atoms with E-state index < -0.39 is 23.7 Å². The van der Waals surface area contributed by atoms with Gasteiger partial charge in [-0.1, -0.05) is 36.9 Å². The second kappa shape index (κ2) is 11.9. The van der Waals surface area contributed by atoms with Crippen LogP contribution in [0, 0.1) is 17.2 Å². The summed E-state index contributed by atoms with van der Waals surface area (Å²) in [6, 6.07) is 14.7. The molecule has 0 saturated carbocycles. The van der Waals surface area contributed by atoms with Gasteiger partial charge in [0.05, 0.1) is 41.1 Å². The molecule has 0 saturated heterocycles. The average Bonchev–Trinajstić information content (AvgIpc) is 2.86. The lowest BCUT2D eigenvalue weighted by atomic mass is 9.78. The van der Waals surface area contributed by atoms with Crippen LogP contribution in [-0.4, -0.2) is 37.8 Å². The number of esters is 1. The molecule has 0 fully saturated rings. The molecule has 182 valence electrons. The van der Waals surface area contributed by atoms with Crippen molar-refractivity contribution in [1.29, 1.82) is 5.26 Å². The molecule has 0 unspecified atom stereocenters. The molecule has 2 aromatic carbocycles. The number of thioether (sulfide) groups is 1. The minimum absolute atomic E-state index is 0.0434. The molecule has 0 bridgehead atoms. The SMILES string of the molecule is CCc1ccc(NC(=O)CSC2=C(C#N)[C@@H](c3ccc(OC)c(Br)c3)[C@@H](C(=O)OC)C(=O)N2)cc1. The van der Waals surface area contributed by atoms with Gasteiger partial charge in [-0.15, -0.1) is 0 Å². The van der Waals surface area contributed by atoms with Gasteiger partial charge in [0.15, 0.2) is 0 Å². The van der Waals surface area contributed by atoms with Gasteiger partial charge < -0.3 is 20.1 Å². The van der Waals surface area contributed by atoms with Crippen molar-refractivity contribution >= 4 is 51.2 Å². The zero-order valence-corrected chi connectivity index (χ0v) is 21.8. The third-order valence-corrected chi connectivity index (χ3v) is 7.15. The number of allylic oxidation sites excluding steroid dienone is 1. The summed E-state index contributed by atoms with van der Waals surface area (Å²) < 4.78 is 10.7. The molecule has 0 spiro atoms. The van der Waals surface area contributed by atoms with Crippen molar-refractivity contribution in [3.63, 3.8) is 0 Å². The number of anilines is 1. The fourth-order valence-electron chi connectivity index (χ4n) is 3.71. The number of benzene rings is 2. The summed E-state index contributed by atoms with van der Waals surface area (Å²) in [5.41, 5.74) is 2.53. The van der Waals surface area contributed by atoms with Crippen LogP contribution in [0.25, 0.3) is 0 Å². The molecule has 1 aliphatic heterocycles. The topological polar surface area (TPSA) is 118 Å². The smallest absolute Gasteiger partial charge is 0.319 e. The maximum atomic E-state index is 12.9. The number of aryl methyl sites for hydroxylation is 1. The Balaban J connectivity index is 1.89. The van der Waals surface area contributed by atoms with Gasteiger partial charge in [-0.3, -0.25) is 14.4 Å². The lowest BCUT2D eigenvalue weighted by Crippen LogP contribution is -2.44. The Morgan fingerprint density at radius 2 is 1.91 bits per heavy atom. The van der Waals surface area contributed by atoms with Gasteiger partial charge in [0.2, 0.25) is 11.8 Å². The van der Waals surface area contributed by atoms with Crippen LogP contribution in [0.4, 0.5) is 5.69 Å². The second-order valence-corrected chi connectivity index (χ2v) is 9.44. The maximum absolute atomic E-state index is 12.9. The lowest BCUT2D eigenvalue weighted by Gasteiger charge is -2.31. The van der Waals surface area contributed by atoms with Crippen molar-refractivity contribution in [1.82, 2.24) is 5.32 Å². The van der Waals surface area contributed by atoms with Gasteiger partial charge in [0.25, 0.3) is 0 Å². The number of ether oxygens (including phenoxy) is 2. The molecule has 0 aromatic heterocycles. The van der Waals surface area contributed by atoms with E-state index in [4.69, 9.17) is 9.47 Å². The number of rotatable bonds is 8. The third kappa shape index (κ3) is 6.05. The highest BCUT2D eigenvalue weighted by atomic mass is 79.9. The number of carbonyl (C=O) groups excluding carboxylic acids is 3. The molecule has 2 N–H and O–H groups in total. The van der Waals surface area contributed by atoms with E-state index in [0.717, 1.165) is 23.7 Å². The van der Waals surface area contributed by atoms with Gasteiger partial charge in [-0.05, 0) is 57.7 Å². The third-order valence-electron chi connectivity index (χ3n) is 5.51. The van der Waals surface area contributed by atoms with Gasteiger partial charge >= 0.3 is 5.97 Å². The van der Waals surface area contributed by atoms with E-state index >= 15 is 0 Å². The van der Waals surface area contributed by atoms with E-state index in [1.165, 1.54) is 14.2 Å². The minimum atomic E-state index is -1.26. The molecule has 1 aliphatic rings. The van der Waals surface area contributed by atoms with E-state index in [1.807, 2.05) is 31.2 Å². The molecule has 2 aromatic rings. The molecule has 10 heteroatoms. The molecular weight excluding hydrogens is 534 g/mol. The molecule has 2 atom stereocenters. The molecular formula is C25H24BrN3O5S. The van der Waals surface area contributed by atoms with Gasteiger partial charge in [0.1, 0.15) is 11.7 Å². The van der Waals surface area contributed by atoms with Crippen molar-refractivity contribution in [2.24, 2.45) is 5.92 Å². The second-order valence-electron chi connectivity index (χ2n) is 7.60. The Bertz CT molecular complexity index is 1210. The first-order chi connectivity index (χ1) is 16.8. The van der Waals surface area contributed by atoms with E-state index in [9.17, 15) is 19.6 Å². The Labute approximate surface area is 216 Å². The largest absolute Gasteiger partial charge is 0.496 e. The quantitative estimate of drug-likeness (QED) is 0.370. The summed E-state index contributed by atoms with van der Waals surface area (Å²) in [5.74, 6) is -3.30. The Hall–Kier alpha value is -3.29. The highest BCUT2D eigenvalue weighted by molar-refractivity contribution is 9.10. The summed E-state index contributed by atoms with van der Waals surface area (Å²) in [6.45, 7) is 2.05. The van der Waals surface area contributed by atoms with Crippen molar-refractivity contribution in [3.05, 3.63) is 68.7 Å². The number of carbonyl (C=O) groups is 3. The van der Waals surface area contributed by atoms with Crippen molar-refractivity contribution in [3.8, 4) is 11.8 Å². The predicted octanol–water partition coefficient (Wildman–Crippen LogP) is 4.13. The van der Waals surface area contributed by atoms with Crippen molar-refractivity contribution < 1.29 is 23.9 Å². The number of hydrogen-bond acceptors (Lipinski definition) is 7. The fraction of sp³-hybridized carbons (Fsp3) is 0.280. The maximum Gasteiger partial charge on any atom is 0.319 e. The normalized spacial score (nSPS) is 17.3. The Morgan fingerprint density at radius 1 is 1.20 bits per heavy atom. The summed E-state index contributed by atoms with van der Waals surface area (Å²) in [6.07, 6.45) is 0.896. The standard InChI is InChI=1S/C25H24BrN3O5S/c1-4-14-5-8-16(9-6-14)28-20(30)13-35-24-17(12-27)21(22(23(31)29-24)25(32)34-3)15-7-10-19(33-2)18(26)11-15/h5-11,21-22H,4,13H2,1-3H3,(H,28,30)(H,29,31)/t21-,22-/m1/s1. The zero-order valence-electron chi connectivity index (χ0n) is 19.4. The monoisotopic (exact) mass is 557 g/mol. The number of methoxy groups -OCH3 is 2. The first kappa shape index (κ1) is 26.3. The van der Waals surface area contributed by atoms with Crippen LogP contribution in [0.2, 0.25) is 0 Å². The molecule has 1 heterocycles. The minimum Gasteiger partial charge on any atom is -0.496 e. The average molecular weight is 558 g/mol. The molecule has 2 amide bonds. The first-order valence-corrected chi connectivity index (χ1v) is 12.5. The molecule has 0 radical (unpaired) electrons. The summed E-state index contributed by atoms with van der Waals surface area (Å²) in [5, 5.41) is 15.7. The number of hydrogen-bond donors (Lipinski definition) is 2. The molecule has 3 rings (SSSR count).